The van der Waals surface area contributed by atoms with Crippen LogP contribution in [0.2, 0.25) is 0 Å². The van der Waals surface area contributed by atoms with E-state index in [9.17, 15) is 13.2 Å². The number of para-hydroxylation sites is 1. The highest BCUT2D eigenvalue weighted by atomic mass is 32.2. The Labute approximate surface area is 187 Å². The zero-order valence-electron chi connectivity index (χ0n) is 17.7. The van der Waals surface area contributed by atoms with Crippen LogP contribution < -0.4 is 5.14 Å². The number of sulfonamides is 1. The van der Waals surface area contributed by atoms with Crippen molar-refractivity contribution >= 4 is 37.5 Å². The van der Waals surface area contributed by atoms with E-state index in [1.165, 1.54) is 23.8 Å². The average Bonchev–Trinajstić information content (AvgIpc) is 3.17. The van der Waals surface area contributed by atoms with E-state index in [-0.39, 0.29) is 10.8 Å². The van der Waals surface area contributed by atoms with Crippen molar-refractivity contribution in [2.45, 2.75) is 38.0 Å². The fourth-order valence-electron chi connectivity index (χ4n) is 4.25. The number of carbonyl (C=O) groups excluding carboxylic acids is 1. The summed E-state index contributed by atoms with van der Waals surface area (Å²) in [4.78, 5) is 19.4. The van der Waals surface area contributed by atoms with Crippen LogP contribution >= 0.6 is 11.3 Å². The highest BCUT2D eigenvalue weighted by Crippen LogP contribution is 2.33. The van der Waals surface area contributed by atoms with Gasteiger partial charge in [-0.25, -0.2) is 18.5 Å². The van der Waals surface area contributed by atoms with E-state index in [0.717, 1.165) is 36.2 Å². The molecule has 1 aromatic heterocycles. The lowest BCUT2D eigenvalue weighted by atomic mass is 9.88. The topological polar surface area (TPSA) is 93.4 Å². The summed E-state index contributed by atoms with van der Waals surface area (Å²) < 4.78 is 24.4. The van der Waals surface area contributed by atoms with Gasteiger partial charge in [0.2, 0.25) is 10.0 Å². The molecule has 3 aromatic rings. The number of nitrogens with two attached hydrogens (primary N) is 1. The molecule has 0 bridgehead atoms. The third-order valence-electron chi connectivity index (χ3n) is 5.77. The Hall–Kier alpha value is -2.29. The molecule has 4 rings (SSSR count). The lowest BCUT2D eigenvalue weighted by Crippen LogP contribution is -2.38. The van der Waals surface area contributed by atoms with Gasteiger partial charge in [0, 0.05) is 24.2 Å². The number of likely N-dealkylation sites (tertiary alicyclic amines) is 1. The summed E-state index contributed by atoms with van der Waals surface area (Å²) in [6.07, 6.45) is 3.37. The fraction of sp³-hybridized carbons (Fsp3) is 0.391. The molecule has 31 heavy (non-hydrogen) atoms. The summed E-state index contributed by atoms with van der Waals surface area (Å²) in [5.41, 5.74) is 1.89. The Morgan fingerprint density at radius 3 is 2.45 bits per heavy atom. The van der Waals surface area contributed by atoms with Crippen LogP contribution in [0.1, 0.15) is 43.5 Å². The van der Waals surface area contributed by atoms with Gasteiger partial charge in [0.05, 0.1) is 4.70 Å². The third-order valence-corrected chi connectivity index (χ3v) is 7.79. The Morgan fingerprint density at radius 1 is 1.16 bits per heavy atom. The molecule has 1 aliphatic rings. The summed E-state index contributed by atoms with van der Waals surface area (Å²) in [5, 5.41) is 6.02. The molecule has 0 aliphatic carbocycles. The molecule has 0 radical (unpaired) electrons. The molecule has 0 spiro atoms. The second kappa shape index (κ2) is 8.68. The molecule has 0 unspecified atom stereocenters. The second-order valence-electron chi connectivity index (χ2n) is 8.61. The normalized spacial score (nSPS) is 15.7. The van der Waals surface area contributed by atoms with Crippen molar-refractivity contribution in [3.63, 3.8) is 0 Å². The van der Waals surface area contributed by atoms with E-state index in [4.69, 9.17) is 5.14 Å². The van der Waals surface area contributed by atoms with Gasteiger partial charge in [-0.05, 0) is 55.4 Å². The van der Waals surface area contributed by atoms with Crippen molar-refractivity contribution in [1.29, 1.82) is 0 Å². The number of fused-ring (bicyclic) bond motifs is 1. The minimum atomic E-state index is -3.85. The molecule has 2 aromatic carbocycles. The molecule has 1 fully saturated rings. The predicted octanol–water partition coefficient (Wildman–Crippen LogP) is 4.51. The van der Waals surface area contributed by atoms with E-state index in [1.54, 1.807) is 6.07 Å². The molecular weight excluding hydrogens is 430 g/mol. The maximum atomic E-state index is 12.9. The molecular formula is C23H27N3O3S2. The third kappa shape index (κ3) is 4.81. The number of carbonyl (C=O) groups is 1. The molecule has 1 saturated heterocycles. The van der Waals surface area contributed by atoms with Crippen molar-refractivity contribution in [2.75, 3.05) is 13.1 Å². The lowest BCUT2D eigenvalue weighted by molar-refractivity contribution is 0.0681. The second-order valence-corrected chi connectivity index (χ2v) is 11.2. The molecule has 164 valence electrons. The van der Waals surface area contributed by atoms with Crippen LogP contribution in [0.4, 0.5) is 0 Å². The lowest BCUT2D eigenvalue weighted by Gasteiger charge is -2.32. The Balaban J connectivity index is 1.51. The van der Waals surface area contributed by atoms with Gasteiger partial charge < -0.3 is 4.90 Å². The Bertz CT molecular complexity index is 1190. The van der Waals surface area contributed by atoms with Crippen molar-refractivity contribution < 1.29 is 13.2 Å². The SMILES string of the molecule is CC(C)CC1CCN(C(=O)c2ccc(-c3nc4c(S(N)(=O)=O)cccc4s3)cc2)CC1. The number of hydrogen-bond acceptors (Lipinski definition) is 5. The Morgan fingerprint density at radius 2 is 1.84 bits per heavy atom. The highest BCUT2D eigenvalue weighted by Gasteiger charge is 2.24. The molecule has 1 aliphatic heterocycles. The molecule has 0 atom stereocenters. The van der Waals surface area contributed by atoms with Crippen LogP contribution in [-0.4, -0.2) is 37.3 Å². The number of piperidine rings is 1. The molecule has 2 heterocycles. The van der Waals surface area contributed by atoms with Crippen LogP contribution in [-0.2, 0) is 10.0 Å². The zero-order chi connectivity index (χ0) is 22.2. The van der Waals surface area contributed by atoms with Crippen LogP contribution in [0, 0.1) is 11.8 Å². The first-order valence-electron chi connectivity index (χ1n) is 10.5. The van der Waals surface area contributed by atoms with E-state index in [2.05, 4.69) is 18.8 Å². The minimum Gasteiger partial charge on any atom is -0.339 e. The number of hydrogen-bond donors (Lipinski definition) is 1. The summed E-state index contributed by atoms with van der Waals surface area (Å²) >= 11 is 1.40. The maximum Gasteiger partial charge on any atom is 0.253 e. The standard InChI is InChI=1S/C23H27N3O3S2/c1-15(2)14-16-10-12-26(13-11-16)23(27)18-8-6-17(7-9-18)22-25-21-19(30-22)4-3-5-20(21)31(24,28)29/h3-9,15-16H,10-14H2,1-2H3,(H2,24,28,29). The number of benzene rings is 2. The van der Waals surface area contributed by atoms with Crippen LogP contribution in [0.3, 0.4) is 0 Å². The number of nitrogens with zero attached hydrogens (tertiary/aromatic N) is 2. The predicted molar refractivity (Wildman–Crippen MR) is 125 cm³/mol. The first kappa shape index (κ1) is 21.9. The number of amides is 1. The van der Waals surface area contributed by atoms with Crippen LogP contribution in [0.15, 0.2) is 47.4 Å². The van der Waals surface area contributed by atoms with E-state index < -0.39 is 10.0 Å². The van der Waals surface area contributed by atoms with Gasteiger partial charge >= 0.3 is 0 Å². The summed E-state index contributed by atoms with van der Waals surface area (Å²) in [7, 11) is -3.85. The molecule has 1 amide bonds. The number of thiazole rings is 1. The average molecular weight is 458 g/mol. The molecule has 6 nitrogen and oxygen atoms in total. The van der Waals surface area contributed by atoms with E-state index in [0.29, 0.717) is 27.9 Å². The first-order valence-corrected chi connectivity index (χ1v) is 12.9. The van der Waals surface area contributed by atoms with Gasteiger partial charge in [-0.3, -0.25) is 4.79 Å². The monoisotopic (exact) mass is 457 g/mol. The van der Waals surface area contributed by atoms with Gasteiger partial charge in [0.1, 0.15) is 15.4 Å². The van der Waals surface area contributed by atoms with Gasteiger partial charge in [0.25, 0.3) is 5.91 Å². The van der Waals surface area contributed by atoms with Crippen molar-refractivity contribution in [3.05, 3.63) is 48.0 Å². The van der Waals surface area contributed by atoms with E-state index >= 15 is 0 Å². The minimum absolute atomic E-state index is 0.0279. The summed E-state index contributed by atoms with van der Waals surface area (Å²) in [6.45, 7) is 6.12. The van der Waals surface area contributed by atoms with E-state index in [1.807, 2.05) is 35.2 Å². The van der Waals surface area contributed by atoms with Gasteiger partial charge in [0.15, 0.2) is 0 Å². The fourth-order valence-corrected chi connectivity index (χ4v) is 6.01. The molecule has 0 saturated carbocycles. The van der Waals surface area contributed by atoms with Crippen molar-refractivity contribution in [3.8, 4) is 10.6 Å². The number of aromatic nitrogens is 1. The highest BCUT2D eigenvalue weighted by molar-refractivity contribution is 7.89. The van der Waals surface area contributed by atoms with Crippen molar-refractivity contribution in [2.24, 2.45) is 17.0 Å². The van der Waals surface area contributed by atoms with Gasteiger partial charge in [-0.2, -0.15) is 0 Å². The maximum absolute atomic E-state index is 12.9. The zero-order valence-corrected chi connectivity index (χ0v) is 19.4. The largest absolute Gasteiger partial charge is 0.339 e. The summed E-state index contributed by atoms with van der Waals surface area (Å²) in [5.74, 6) is 1.48. The summed E-state index contributed by atoms with van der Waals surface area (Å²) in [6, 6.07) is 12.3. The van der Waals surface area contributed by atoms with Gasteiger partial charge in [-0.15, -0.1) is 11.3 Å². The quantitative estimate of drug-likeness (QED) is 0.610. The number of rotatable bonds is 5. The smallest absolute Gasteiger partial charge is 0.253 e. The van der Waals surface area contributed by atoms with Crippen LogP contribution in [0.25, 0.3) is 20.8 Å². The molecule has 2 N–H and O–H groups in total. The van der Waals surface area contributed by atoms with Crippen molar-refractivity contribution in [1.82, 2.24) is 9.88 Å². The first-order chi connectivity index (χ1) is 14.7. The van der Waals surface area contributed by atoms with Gasteiger partial charge in [-0.1, -0.05) is 32.0 Å². The molecule has 8 heteroatoms. The van der Waals surface area contributed by atoms with Crippen LogP contribution in [0.5, 0.6) is 0 Å². The number of primary sulfonamides is 1. The Kier molecular flexibility index (Phi) is 6.14.